The predicted octanol–water partition coefficient (Wildman–Crippen LogP) is 5.27. The van der Waals surface area contributed by atoms with E-state index >= 15 is 0 Å². The monoisotopic (exact) mass is 381 g/mol. The molecule has 0 bridgehead atoms. The molecule has 0 aliphatic heterocycles. The average molecular weight is 381 g/mol. The summed E-state index contributed by atoms with van der Waals surface area (Å²) in [6, 6.07) is 8.20. The highest BCUT2D eigenvalue weighted by atomic mass is 32.1. The van der Waals surface area contributed by atoms with Crippen LogP contribution in [0.15, 0.2) is 41.0 Å². The number of hydrogen-bond acceptors (Lipinski definition) is 5. The van der Waals surface area contributed by atoms with Crippen LogP contribution < -0.4 is 5.32 Å². The van der Waals surface area contributed by atoms with Gasteiger partial charge in [-0.3, -0.25) is 4.79 Å². The summed E-state index contributed by atoms with van der Waals surface area (Å²) in [5, 5.41) is 3.61. The number of nitrogens with zero attached hydrogens (tertiary/aromatic N) is 2. The molecule has 0 radical (unpaired) electrons. The van der Waals surface area contributed by atoms with Gasteiger partial charge in [0.25, 0.3) is 5.91 Å². The van der Waals surface area contributed by atoms with Crippen molar-refractivity contribution in [2.75, 3.05) is 5.32 Å². The van der Waals surface area contributed by atoms with Crippen LogP contribution in [0, 0.1) is 26.6 Å². The van der Waals surface area contributed by atoms with Crippen molar-refractivity contribution in [3.8, 4) is 11.6 Å². The van der Waals surface area contributed by atoms with Crippen LogP contribution in [0.2, 0.25) is 0 Å². The zero-order valence-electron chi connectivity index (χ0n) is 15.0. The molecule has 0 saturated heterocycles. The van der Waals surface area contributed by atoms with Crippen molar-refractivity contribution in [1.29, 1.82) is 0 Å². The highest BCUT2D eigenvalue weighted by molar-refractivity contribution is 7.20. The van der Waals surface area contributed by atoms with Crippen LogP contribution in [0.25, 0.3) is 21.8 Å². The second kappa shape index (κ2) is 6.59. The number of carbonyl (C=O) groups excluding carboxylic acids is 1. The number of aryl methyl sites for hydroxylation is 3. The van der Waals surface area contributed by atoms with E-state index in [-0.39, 0.29) is 11.7 Å². The Hall–Kier alpha value is -3.06. The molecule has 1 aromatic carbocycles. The maximum absolute atomic E-state index is 13.7. The summed E-state index contributed by atoms with van der Waals surface area (Å²) in [5.41, 5.74) is 2.53. The van der Waals surface area contributed by atoms with Crippen molar-refractivity contribution in [2.45, 2.75) is 20.8 Å². The zero-order valence-corrected chi connectivity index (χ0v) is 15.8. The molecule has 7 heteroatoms. The van der Waals surface area contributed by atoms with E-state index < -0.39 is 0 Å². The topological polar surface area (TPSA) is 68.0 Å². The average Bonchev–Trinajstić information content (AvgIpc) is 3.26. The largest absolute Gasteiger partial charge is 0.461 e. The molecule has 0 aliphatic carbocycles. The Morgan fingerprint density at radius 3 is 2.70 bits per heavy atom. The first kappa shape index (κ1) is 17.4. The Bertz CT molecular complexity index is 1170. The molecule has 1 amide bonds. The third kappa shape index (κ3) is 3.10. The lowest BCUT2D eigenvalue weighted by Crippen LogP contribution is -2.11. The third-order valence-corrected chi connectivity index (χ3v) is 5.53. The van der Waals surface area contributed by atoms with Crippen LogP contribution in [-0.2, 0) is 0 Å². The number of halogens is 1. The first-order valence-corrected chi connectivity index (χ1v) is 9.15. The smallest absolute Gasteiger partial charge is 0.266 e. The van der Waals surface area contributed by atoms with Crippen molar-refractivity contribution in [2.24, 2.45) is 0 Å². The van der Waals surface area contributed by atoms with Gasteiger partial charge in [0.05, 0.1) is 16.8 Å². The van der Waals surface area contributed by atoms with E-state index in [0.717, 1.165) is 16.6 Å². The van der Waals surface area contributed by atoms with Crippen molar-refractivity contribution in [3.63, 3.8) is 0 Å². The number of anilines is 1. The summed E-state index contributed by atoms with van der Waals surface area (Å²) in [4.78, 5) is 23.0. The summed E-state index contributed by atoms with van der Waals surface area (Å²) in [5.74, 6) is 0.411. The standard InChI is InChI=1S/C20H16FN3O2S/c1-10-6-7-13(9-14(10)21)23-19(25)17-11(2)16-12(3)22-18(24-20(16)27-17)15-5-4-8-26-15/h4-9H,1-3H3,(H,23,25). The van der Waals surface area contributed by atoms with Crippen LogP contribution in [0.5, 0.6) is 0 Å². The zero-order chi connectivity index (χ0) is 19.1. The molecule has 3 aromatic heterocycles. The van der Waals surface area contributed by atoms with Gasteiger partial charge in [0.15, 0.2) is 11.6 Å². The Morgan fingerprint density at radius 1 is 1.19 bits per heavy atom. The summed E-state index contributed by atoms with van der Waals surface area (Å²) in [6.07, 6.45) is 1.57. The van der Waals surface area contributed by atoms with Gasteiger partial charge >= 0.3 is 0 Å². The minimum Gasteiger partial charge on any atom is -0.461 e. The second-order valence-electron chi connectivity index (χ2n) is 6.26. The van der Waals surface area contributed by atoms with Gasteiger partial charge in [0.1, 0.15) is 10.6 Å². The molecule has 4 rings (SSSR count). The van der Waals surface area contributed by atoms with Crippen LogP contribution in [-0.4, -0.2) is 15.9 Å². The molecule has 136 valence electrons. The predicted molar refractivity (Wildman–Crippen MR) is 104 cm³/mol. The Kier molecular flexibility index (Phi) is 4.24. The number of furan rings is 1. The van der Waals surface area contributed by atoms with Crippen molar-refractivity contribution < 1.29 is 13.6 Å². The number of hydrogen-bond donors (Lipinski definition) is 1. The van der Waals surface area contributed by atoms with Gasteiger partial charge < -0.3 is 9.73 Å². The SMILES string of the molecule is Cc1ccc(NC(=O)c2sc3nc(-c4ccco4)nc(C)c3c2C)cc1F. The van der Waals surface area contributed by atoms with Gasteiger partial charge in [-0.2, -0.15) is 0 Å². The normalized spacial score (nSPS) is 11.1. The van der Waals surface area contributed by atoms with Crippen LogP contribution >= 0.6 is 11.3 Å². The Balaban J connectivity index is 1.73. The lowest BCUT2D eigenvalue weighted by atomic mass is 10.1. The Labute approximate surface area is 158 Å². The highest BCUT2D eigenvalue weighted by Crippen LogP contribution is 2.33. The van der Waals surface area contributed by atoms with E-state index in [9.17, 15) is 9.18 Å². The molecule has 0 unspecified atom stereocenters. The minimum atomic E-state index is -0.356. The van der Waals surface area contributed by atoms with E-state index in [0.29, 0.717) is 32.5 Å². The number of aromatic nitrogens is 2. The molecular weight excluding hydrogens is 365 g/mol. The number of nitrogens with one attached hydrogen (secondary N) is 1. The van der Waals surface area contributed by atoms with E-state index in [2.05, 4.69) is 15.3 Å². The quantitative estimate of drug-likeness (QED) is 0.525. The molecule has 27 heavy (non-hydrogen) atoms. The summed E-state index contributed by atoms with van der Waals surface area (Å²) < 4.78 is 19.1. The van der Waals surface area contributed by atoms with Gasteiger partial charge in [-0.25, -0.2) is 14.4 Å². The van der Waals surface area contributed by atoms with Gasteiger partial charge in [-0.05, 0) is 56.2 Å². The van der Waals surface area contributed by atoms with Gasteiger partial charge in [0.2, 0.25) is 0 Å². The Morgan fingerprint density at radius 2 is 2.00 bits per heavy atom. The van der Waals surface area contributed by atoms with E-state index in [1.807, 2.05) is 13.8 Å². The molecule has 3 heterocycles. The molecule has 1 N–H and O–H groups in total. The lowest BCUT2D eigenvalue weighted by Gasteiger charge is -2.06. The lowest BCUT2D eigenvalue weighted by molar-refractivity contribution is 0.103. The first-order valence-electron chi connectivity index (χ1n) is 8.33. The molecule has 5 nitrogen and oxygen atoms in total. The van der Waals surface area contributed by atoms with Crippen molar-refractivity contribution in [3.05, 3.63) is 64.1 Å². The molecule has 0 saturated carbocycles. The number of amides is 1. The summed E-state index contributed by atoms with van der Waals surface area (Å²) >= 11 is 1.29. The highest BCUT2D eigenvalue weighted by Gasteiger charge is 2.20. The van der Waals surface area contributed by atoms with Gasteiger partial charge in [-0.1, -0.05) is 6.07 Å². The number of rotatable bonds is 3. The minimum absolute atomic E-state index is 0.294. The van der Waals surface area contributed by atoms with Crippen molar-refractivity contribution in [1.82, 2.24) is 9.97 Å². The van der Waals surface area contributed by atoms with Crippen LogP contribution in [0.4, 0.5) is 10.1 Å². The maximum Gasteiger partial charge on any atom is 0.266 e. The first-order chi connectivity index (χ1) is 12.9. The van der Waals surface area contributed by atoms with E-state index in [4.69, 9.17) is 4.42 Å². The molecule has 4 aromatic rings. The molecular formula is C20H16FN3O2S. The maximum atomic E-state index is 13.7. The van der Waals surface area contributed by atoms with E-state index in [1.165, 1.54) is 17.4 Å². The van der Waals surface area contributed by atoms with Gasteiger partial charge in [0, 0.05) is 11.1 Å². The fourth-order valence-corrected chi connectivity index (χ4v) is 4.06. The molecule has 0 spiro atoms. The molecule has 0 atom stereocenters. The number of carbonyl (C=O) groups is 1. The van der Waals surface area contributed by atoms with Crippen LogP contribution in [0.1, 0.15) is 26.5 Å². The van der Waals surface area contributed by atoms with Crippen LogP contribution in [0.3, 0.4) is 0 Å². The van der Waals surface area contributed by atoms with Gasteiger partial charge in [-0.15, -0.1) is 11.3 Å². The molecule has 0 fully saturated rings. The molecule has 0 aliphatic rings. The second-order valence-corrected chi connectivity index (χ2v) is 7.26. The fourth-order valence-electron chi connectivity index (χ4n) is 2.93. The number of thiophene rings is 1. The summed E-state index contributed by atoms with van der Waals surface area (Å²) in [6.45, 7) is 5.43. The number of benzene rings is 1. The number of fused-ring (bicyclic) bond motifs is 1. The van der Waals surface area contributed by atoms with Crippen molar-refractivity contribution >= 4 is 33.1 Å². The van der Waals surface area contributed by atoms with E-state index in [1.54, 1.807) is 37.5 Å². The fraction of sp³-hybridized carbons (Fsp3) is 0.150. The third-order valence-electron chi connectivity index (χ3n) is 4.35. The summed E-state index contributed by atoms with van der Waals surface area (Å²) in [7, 11) is 0.